The van der Waals surface area contributed by atoms with E-state index in [1.54, 1.807) is 0 Å². The Hall–Kier alpha value is -0.900. The van der Waals surface area contributed by atoms with Gasteiger partial charge in [-0.25, -0.2) is 0 Å². The Balaban J connectivity index is 2.15. The molecule has 1 heterocycles. The van der Waals surface area contributed by atoms with E-state index in [9.17, 15) is 5.11 Å². The van der Waals surface area contributed by atoms with Crippen LogP contribution in [0.4, 0.5) is 0 Å². The molecule has 0 saturated carbocycles. The molecule has 3 heteroatoms. The Morgan fingerprint density at radius 2 is 2.00 bits per heavy atom. The fraction of sp³-hybridized carbons (Fsp3) is 0.538. The third-order valence-corrected chi connectivity index (χ3v) is 3.08. The summed E-state index contributed by atoms with van der Waals surface area (Å²) in [7, 11) is 0. The molecule has 0 radical (unpaired) electrons. The minimum atomic E-state index is -0.189. The van der Waals surface area contributed by atoms with Gasteiger partial charge in [0, 0.05) is 5.41 Å². The maximum Gasteiger partial charge on any atom is 0.147 e. The Morgan fingerprint density at radius 1 is 1.31 bits per heavy atom. The molecule has 1 N–H and O–H groups in total. The van der Waals surface area contributed by atoms with E-state index >= 15 is 0 Å². The molecule has 1 aromatic rings. The van der Waals surface area contributed by atoms with Gasteiger partial charge in [-0.3, -0.25) is 0 Å². The molecule has 0 spiro atoms. The summed E-state index contributed by atoms with van der Waals surface area (Å²) in [4.78, 5) is 0. The average Bonchev–Trinajstić information content (AvgIpc) is 2.83. The van der Waals surface area contributed by atoms with Crippen molar-refractivity contribution in [2.45, 2.75) is 25.4 Å². The molecule has 1 aliphatic heterocycles. The van der Waals surface area contributed by atoms with Gasteiger partial charge < -0.3 is 14.6 Å². The Bertz CT molecular complexity index is 337. The van der Waals surface area contributed by atoms with Gasteiger partial charge in [0.1, 0.15) is 12.9 Å². The van der Waals surface area contributed by atoms with Crippen LogP contribution in [-0.2, 0) is 14.9 Å². The first kappa shape index (κ1) is 11.6. The molecule has 0 amide bonds. The zero-order valence-corrected chi connectivity index (χ0v) is 9.77. The van der Waals surface area contributed by atoms with Gasteiger partial charge in [-0.05, 0) is 11.1 Å². The first-order chi connectivity index (χ1) is 7.63. The van der Waals surface area contributed by atoms with Crippen molar-refractivity contribution in [3.05, 3.63) is 35.4 Å². The van der Waals surface area contributed by atoms with Crippen LogP contribution in [0.2, 0.25) is 0 Å². The summed E-state index contributed by atoms with van der Waals surface area (Å²) in [5.74, 6) is 0. The Labute approximate surface area is 96.0 Å². The second kappa shape index (κ2) is 4.53. The van der Waals surface area contributed by atoms with Crippen LogP contribution in [0, 0.1) is 0 Å². The Morgan fingerprint density at radius 3 is 2.50 bits per heavy atom. The maximum absolute atomic E-state index is 9.28. The van der Waals surface area contributed by atoms with E-state index in [0.29, 0.717) is 13.4 Å². The van der Waals surface area contributed by atoms with Crippen LogP contribution in [0.15, 0.2) is 24.3 Å². The van der Waals surface area contributed by atoms with E-state index in [2.05, 4.69) is 0 Å². The molecule has 2 rings (SSSR count). The zero-order valence-electron chi connectivity index (χ0n) is 9.77. The molecule has 1 saturated heterocycles. The van der Waals surface area contributed by atoms with E-state index in [1.807, 2.05) is 38.1 Å². The van der Waals surface area contributed by atoms with Crippen LogP contribution in [0.25, 0.3) is 0 Å². The van der Waals surface area contributed by atoms with Gasteiger partial charge in [0.05, 0.1) is 13.2 Å². The third kappa shape index (κ3) is 2.26. The van der Waals surface area contributed by atoms with Crippen molar-refractivity contribution in [2.24, 2.45) is 0 Å². The number of rotatable bonds is 3. The monoisotopic (exact) mass is 222 g/mol. The van der Waals surface area contributed by atoms with E-state index < -0.39 is 0 Å². The standard InChI is InChI=1S/C13H18O3/c1-13(2,8-14)11-5-3-10(4-6-11)12-7-15-9-16-12/h3-6,12,14H,7-9H2,1-2H3. The number of aliphatic hydroxyl groups is 1. The van der Waals surface area contributed by atoms with Gasteiger partial charge in [-0.2, -0.15) is 0 Å². The summed E-state index contributed by atoms with van der Waals surface area (Å²) in [6, 6.07) is 8.19. The van der Waals surface area contributed by atoms with Crippen LogP contribution < -0.4 is 0 Å². The van der Waals surface area contributed by atoms with E-state index in [1.165, 1.54) is 0 Å². The number of benzene rings is 1. The van der Waals surface area contributed by atoms with Crippen molar-refractivity contribution in [1.29, 1.82) is 0 Å². The Kier molecular flexibility index (Phi) is 3.28. The fourth-order valence-electron chi connectivity index (χ4n) is 1.77. The minimum absolute atomic E-state index is 0.0614. The summed E-state index contributed by atoms with van der Waals surface area (Å²) in [5.41, 5.74) is 2.08. The predicted octanol–water partition coefficient (Wildman–Crippen LogP) is 2.00. The van der Waals surface area contributed by atoms with Crippen LogP contribution in [0.1, 0.15) is 31.1 Å². The average molecular weight is 222 g/mol. The van der Waals surface area contributed by atoms with Crippen molar-refractivity contribution >= 4 is 0 Å². The fourth-order valence-corrected chi connectivity index (χ4v) is 1.77. The molecule has 0 aliphatic carbocycles. The molecule has 0 bridgehead atoms. The van der Waals surface area contributed by atoms with E-state index in [-0.39, 0.29) is 18.1 Å². The molecule has 3 nitrogen and oxygen atoms in total. The molecule has 1 unspecified atom stereocenters. The van der Waals surface area contributed by atoms with Gasteiger partial charge in [-0.15, -0.1) is 0 Å². The summed E-state index contributed by atoms with van der Waals surface area (Å²) in [6.45, 7) is 5.21. The highest BCUT2D eigenvalue weighted by Crippen LogP contribution is 2.27. The summed E-state index contributed by atoms with van der Waals surface area (Å²) in [6.07, 6.45) is 0.0614. The molecule has 0 aromatic heterocycles. The van der Waals surface area contributed by atoms with Crippen LogP contribution in [0.5, 0.6) is 0 Å². The molecule has 1 fully saturated rings. The van der Waals surface area contributed by atoms with Crippen molar-refractivity contribution in [1.82, 2.24) is 0 Å². The van der Waals surface area contributed by atoms with Gasteiger partial charge in [0.15, 0.2) is 0 Å². The second-order valence-corrected chi connectivity index (χ2v) is 4.81. The SMILES string of the molecule is CC(C)(CO)c1ccc(C2COCO2)cc1. The maximum atomic E-state index is 9.28. The first-order valence-electron chi connectivity index (χ1n) is 5.54. The number of aliphatic hydroxyl groups excluding tert-OH is 1. The molecule has 1 aromatic carbocycles. The summed E-state index contributed by atoms with van der Waals surface area (Å²) >= 11 is 0. The highest BCUT2D eigenvalue weighted by molar-refractivity contribution is 5.29. The lowest BCUT2D eigenvalue weighted by Crippen LogP contribution is -2.21. The topological polar surface area (TPSA) is 38.7 Å². The number of hydrogen-bond donors (Lipinski definition) is 1. The molecular formula is C13H18O3. The highest BCUT2D eigenvalue weighted by Gasteiger charge is 2.21. The minimum Gasteiger partial charge on any atom is -0.395 e. The lowest BCUT2D eigenvalue weighted by atomic mass is 9.85. The number of ether oxygens (including phenoxy) is 2. The van der Waals surface area contributed by atoms with E-state index in [0.717, 1.165) is 11.1 Å². The summed E-state index contributed by atoms with van der Waals surface area (Å²) in [5, 5.41) is 9.28. The summed E-state index contributed by atoms with van der Waals surface area (Å²) < 4.78 is 10.6. The molecule has 88 valence electrons. The number of hydrogen-bond acceptors (Lipinski definition) is 3. The van der Waals surface area contributed by atoms with Gasteiger partial charge in [-0.1, -0.05) is 38.1 Å². The van der Waals surface area contributed by atoms with Crippen LogP contribution >= 0.6 is 0 Å². The normalized spacial score (nSPS) is 21.3. The van der Waals surface area contributed by atoms with E-state index in [4.69, 9.17) is 9.47 Å². The lowest BCUT2D eigenvalue weighted by molar-refractivity contribution is 0.0466. The van der Waals surface area contributed by atoms with Crippen molar-refractivity contribution in [3.8, 4) is 0 Å². The van der Waals surface area contributed by atoms with Gasteiger partial charge in [0.25, 0.3) is 0 Å². The molecule has 1 atom stereocenters. The molecule has 16 heavy (non-hydrogen) atoms. The largest absolute Gasteiger partial charge is 0.395 e. The second-order valence-electron chi connectivity index (χ2n) is 4.81. The van der Waals surface area contributed by atoms with Crippen LogP contribution in [-0.4, -0.2) is 25.1 Å². The van der Waals surface area contributed by atoms with Crippen molar-refractivity contribution in [2.75, 3.05) is 20.0 Å². The smallest absolute Gasteiger partial charge is 0.147 e. The first-order valence-corrected chi connectivity index (χ1v) is 5.54. The zero-order chi connectivity index (χ0) is 11.6. The quantitative estimate of drug-likeness (QED) is 0.850. The molecular weight excluding hydrogens is 204 g/mol. The van der Waals surface area contributed by atoms with Crippen molar-refractivity contribution < 1.29 is 14.6 Å². The highest BCUT2D eigenvalue weighted by atomic mass is 16.7. The third-order valence-electron chi connectivity index (χ3n) is 3.08. The molecule has 1 aliphatic rings. The van der Waals surface area contributed by atoms with Gasteiger partial charge >= 0.3 is 0 Å². The van der Waals surface area contributed by atoms with Crippen molar-refractivity contribution in [3.63, 3.8) is 0 Å². The lowest BCUT2D eigenvalue weighted by Gasteiger charge is -2.22. The van der Waals surface area contributed by atoms with Gasteiger partial charge in [0.2, 0.25) is 0 Å². The van der Waals surface area contributed by atoms with Crippen LogP contribution in [0.3, 0.4) is 0 Å². The predicted molar refractivity (Wildman–Crippen MR) is 61.2 cm³/mol.